The standard InChI is InChI=1S/C11H12BrN3/c1-15-9(6-7-14-15)8-13-11-5-3-2-4-10(11)12/h2-7,13H,8H2,1H3. The van der Waals surface area contributed by atoms with E-state index in [0.717, 1.165) is 22.4 Å². The summed E-state index contributed by atoms with van der Waals surface area (Å²) in [4.78, 5) is 0. The number of halogens is 1. The molecule has 15 heavy (non-hydrogen) atoms. The van der Waals surface area contributed by atoms with Crippen LogP contribution in [0.3, 0.4) is 0 Å². The molecule has 4 heteroatoms. The number of aryl methyl sites for hydroxylation is 1. The molecule has 2 rings (SSSR count). The van der Waals surface area contributed by atoms with Crippen molar-refractivity contribution in [2.75, 3.05) is 5.32 Å². The van der Waals surface area contributed by atoms with E-state index < -0.39 is 0 Å². The molecule has 0 amide bonds. The van der Waals surface area contributed by atoms with Gasteiger partial charge in [-0.25, -0.2) is 0 Å². The highest BCUT2D eigenvalue weighted by Crippen LogP contribution is 2.21. The van der Waals surface area contributed by atoms with Crippen LogP contribution in [0.4, 0.5) is 5.69 Å². The summed E-state index contributed by atoms with van der Waals surface area (Å²) in [6.07, 6.45) is 1.80. The molecule has 1 aromatic carbocycles. The van der Waals surface area contributed by atoms with Crippen molar-refractivity contribution in [3.63, 3.8) is 0 Å². The first-order chi connectivity index (χ1) is 7.27. The smallest absolute Gasteiger partial charge is 0.0571 e. The maximum Gasteiger partial charge on any atom is 0.0571 e. The third-order valence-electron chi connectivity index (χ3n) is 2.26. The topological polar surface area (TPSA) is 29.9 Å². The fourth-order valence-corrected chi connectivity index (χ4v) is 1.79. The van der Waals surface area contributed by atoms with Crippen molar-refractivity contribution in [3.05, 3.63) is 46.7 Å². The zero-order chi connectivity index (χ0) is 10.7. The number of para-hydroxylation sites is 1. The Hall–Kier alpha value is -1.29. The van der Waals surface area contributed by atoms with E-state index in [2.05, 4.69) is 26.3 Å². The number of aromatic nitrogens is 2. The molecular formula is C11H12BrN3. The molecule has 3 nitrogen and oxygen atoms in total. The summed E-state index contributed by atoms with van der Waals surface area (Å²) in [5.41, 5.74) is 2.25. The zero-order valence-corrected chi connectivity index (χ0v) is 10.0. The fraction of sp³-hybridized carbons (Fsp3) is 0.182. The van der Waals surface area contributed by atoms with Crippen LogP contribution < -0.4 is 5.32 Å². The van der Waals surface area contributed by atoms with E-state index in [9.17, 15) is 0 Å². The van der Waals surface area contributed by atoms with Crippen LogP contribution in [0.25, 0.3) is 0 Å². The molecule has 0 aliphatic rings. The first-order valence-electron chi connectivity index (χ1n) is 4.72. The van der Waals surface area contributed by atoms with Crippen molar-refractivity contribution >= 4 is 21.6 Å². The minimum atomic E-state index is 0.777. The third kappa shape index (κ3) is 2.39. The molecule has 0 saturated carbocycles. The zero-order valence-electron chi connectivity index (χ0n) is 8.44. The second kappa shape index (κ2) is 4.49. The number of hydrogen-bond acceptors (Lipinski definition) is 2. The number of hydrogen-bond donors (Lipinski definition) is 1. The van der Waals surface area contributed by atoms with E-state index in [0.29, 0.717) is 0 Å². The lowest BCUT2D eigenvalue weighted by atomic mass is 10.3. The molecule has 0 aliphatic heterocycles. The van der Waals surface area contributed by atoms with E-state index in [1.54, 1.807) is 6.20 Å². The van der Waals surface area contributed by atoms with Crippen molar-refractivity contribution in [1.29, 1.82) is 0 Å². The molecule has 0 aliphatic carbocycles. The summed E-state index contributed by atoms with van der Waals surface area (Å²) in [5.74, 6) is 0. The van der Waals surface area contributed by atoms with Crippen LogP contribution >= 0.6 is 15.9 Å². The maximum atomic E-state index is 4.12. The normalized spacial score (nSPS) is 10.3. The van der Waals surface area contributed by atoms with Gasteiger partial charge in [0.2, 0.25) is 0 Å². The quantitative estimate of drug-likeness (QED) is 0.925. The van der Waals surface area contributed by atoms with Crippen LogP contribution in [0.2, 0.25) is 0 Å². The number of anilines is 1. The van der Waals surface area contributed by atoms with Crippen molar-refractivity contribution in [1.82, 2.24) is 9.78 Å². The lowest BCUT2D eigenvalue weighted by molar-refractivity contribution is 0.720. The summed E-state index contributed by atoms with van der Waals surface area (Å²) >= 11 is 3.49. The molecule has 78 valence electrons. The monoisotopic (exact) mass is 265 g/mol. The van der Waals surface area contributed by atoms with Crippen molar-refractivity contribution in [2.45, 2.75) is 6.54 Å². The minimum Gasteiger partial charge on any atom is -0.378 e. The Balaban J connectivity index is 2.06. The van der Waals surface area contributed by atoms with Gasteiger partial charge in [0, 0.05) is 23.4 Å². The van der Waals surface area contributed by atoms with Gasteiger partial charge < -0.3 is 5.32 Å². The SMILES string of the molecule is Cn1nccc1CNc1ccccc1Br. The predicted octanol–water partition coefficient (Wildman–Crippen LogP) is 2.79. The molecule has 2 aromatic rings. The molecule has 0 spiro atoms. The van der Waals surface area contributed by atoms with Crippen molar-refractivity contribution in [2.24, 2.45) is 7.05 Å². The van der Waals surface area contributed by atoms with E-state index in [4.69, 9.17) is 0 Å². The van der Waals surface area contributed by atoms with Gasteiger partial charge in [-0.3, -0.25) is 4.68 Å². The fourth-order valence-electron chi connectivity index (χ4n) is 1.37. The van der Waals surface area contributed by atoms with Gasteiger partial charge in [-0.05, 0) is 34.1 Å². The van der Waals surface area contributed by atoms with Crippen molar-refractivity contribution < 1.29 is 0 Å². The molecule has 0 radical (unpaired) electrons. The Labute approximate surface area is 97.2 Å². The molecule has 1 N–H and O–H groups in total. The molecule has 1 aromatic heterocycles. The predicted molar refractivity (Wildman–Crippen MR) is 64.7 cm³/mol. The average molecular weight is 266 g/mol. The van der Waals surface area contributed by atoms with Gasteiger partial charge in [0.05, 0.1) is 12.2 Å². The Kier molecular flexibility index (Phi) is 3.06. The second-order valence-corrected chi connectivity index (χ2v) is 4.13. The molecule has 0 bridgehead atoms. The minimum absolute atomic E-state index is 0.777. The average Bonchev–Trinajstić information content (AvgIpc) is 2.63. The highest BCUT2D eigenvalue weighted by atomic mass is 79.9. The van der Waals surface area contributed by atoms with Gasteiger partial charge >= 0.3 is 0 Å². The number of nitrogens with zero attached hydrogens (tertiary/aromatic N) is 2. The van der Waals surface area contributed by atoms with Gasteiger partial charge in [0.1, 0.15) is 0 Å². The third-order valence-corrected chi connectivity index (χ3v) is 2.95. The van der Waals surface area contributed by atoms with Gasteiger partial charge in [-0.1, -0.05) is 12.1 Å². The molecular weight excluding hydrogens is 254 g/mol. The van der Waals surface area contributed by atoms with Crippen LogP contribution in [0, 0.1) is 0 Å². The summed E-state index contributed by atoms with van der Waals surface area (Å²) in [7, 11) is 1.94. The van der Waals surface area contributed by atoms with Gasteiger partial charge in [0.15, 0.2) is 0 Å². The van der Waals surface area contributed by atoms with Crippen molar-refractivity contribution in [3.8, 4) is 0 Å². The second-order valence-electron chi connectivity index (χ2n) is 3.28. The molecule has 0 unspecified atom stereocenters. The molecule has 0 saturated heterocycles. The summed E-state index contributed by atoms with van der Waals surface area (Å²) < 4.78 is 2.94. The molecule has 0 fully saturated rings. The lowest BCUT2D eigenvalue weighted by Gasteiger charge is -2.08. The Morgan fingerprint density at radius 1 is 1.33 bits per heavy atom. The molecule has 0 atom stereocenters. The largest absolute Gasteiger partial charge is 0.378 e. The number of benzene rings is 1. The van der Waals surface area contributed by atoms with Crippen LogP contribution in [0.5, 0.6) is 0 Å². The first kappa shape index (κ1) is 10.2. The van der Waals surface area contributed by atoms with Crippen LogP contribution in [0.15, 0.2) is 41.0 Å². The lowest BCUT2D eigenvalue weighted by Crippen LogP contribution is -2.05. The highest BCUT2D eigenvalue weighted by molar-refractivity contribution is 9.10. The first-order valence-corrected chi connectivity index (χ1v) is 5.52. The molecule has 1 heterocycles. The van der Waals surface area contributed by atoms with Gasteiger partial charge in [-0.15, -0.1) is 0 Å². The Morgan fingerprint density at radius 2 is 2.13 bits per heavy atom. The van der Waals surface area contributed by atoms with Crippen LogP contribution in [0.1, 0.15) is 5.69 Å². The Bertz CT molecular complexity index is 451. The summed E-state index contributed by atoms with van der Waals surface area (Å²) in [5, 5.41) is 7.46. The van der Waals surface area contributed by atoms with Crippen LogP contribution in [-0.2, 0) is 13.6 Å². The summed E-state index contributed by atoms with van der Waals surface area (Å²) in [6.45, 7) is 0.777. The number of rotatable bonds is 3. The van der Waals surface area contributed by atoms with E-state index in [-0.39, 0.29) is 0 Å². The highest BCUT2D eigenvalue weighted by Gasteiger charge is 2.00. The van der Waals surface area contributed by atoms with Gasteiger partial charge in [-0.2, -0.15) is 5.10 Å². The van der Waals surface area contributed by atoms with Crippen LogP contribution in [-0.4, -0.2) is 9.78 Å². The van der Waals surface area contributed by atoms with E-state index in [1.165, 1.54) is 0 Å². The van der Waals surface area contributed by atoms with E-state index in [1.807, 2.05) is 42.1 Å². The maximum absolute atomic E-state index is 4.12. The van der Waals surface area contributed by atoms with E-state index >= 15 is 0 Å². The van der Waals surface area contributed by atoms with Gasteiger partial charge in [0.25, 0.3) is 0 Å². The number of nitrogens with one attached hydrogen (secondary N) is 1. The Morgan fingerprint density at radius 3 is 2.80 bits per heavy atom. The summed E-state index contributed by atoms with van der Waals surface area (Å²) in [6, 6.07) is 10.1.